The van der Waals surface area contributed by atoms with Crippen LogP contribution in [0.2, 0.25) is 5.02 Å². The summed E-state index contributed by atoms with van der Waals surface area (Å²) in [5.74, 6) is 1.29. The van der Waals surface area contributed by atoms with E-state index in [0.29, 0.717) is 24.6 Å². The second-order valence-electron chi connectivity index (χ2n) is 8.52. The molecule has 0 bridgehead atoms. The van der Waals surface area contributed by atoms with E-state index in [4.69, 9.17) is 11.6 Å². The molecule has 1 saturated carbocycles. The van der Waals surface area contributed by atoms with Gasteiger partial charge >= 0.3 is 6.18 Å². The largest absolute Gasteiger partial charge is 0.417 e. The van der Waals surface area contributed by atoms with E-state index < -0.39 is 11.7 Å². The molecule has 0 aliphatic heterocycles. The zero-order chi connectivity index (χ0) is 22.4. The van der Waals surface area contributed by atoms with Gasteiger partial charge in [0.05, 0.1) is 10.6 Å². The van der Waals surface area contributed by atoms with Crippen LogP contribution < -0.4 is 5.32 Å². The van der Waals surface area contributed by atoms with E-state index in [1.54, 1.807) is 6.07 Å². The predicted molar refractivity (Wildman–Crippen MR) is 124 cm³/mol. The van der Waals surface area contributed by atoms with Crippen molar-refractivity contribution in [1.29, 1.82) is 0 Å². The van der Waals surface area contributed by atoms with Crippen LogP contribution >= 0.6 is 27.5 Å². The van der Waals surface area contributed by atoms with Crippen molar-refractivity contribution in [3.63, 3.8) is 0 Å². The first kappa shape index (κ1) is 24.6. The van der Waals surface area contributed by atoms with Crippen LogP contribution in [0.25, 0.3) is 0 Å². The van der Waals surface area contributed by atoms with Crippen LogP contribution in [0.4, 0.5) is 13.2 Å². The lowest BCUT2D eigenvalue weighted by atomic mass is 9.81. The first-order valence-electron chi connectivity index (χ1n) is 10.7. The molecule has 7 heteroatoms. The van der Waals surface area contributed by atoms with Gasteiger partial charge in [0.1, 0.15) is 0 Å². The minimum Gasteiger partial charge on any atom is -0.319 e. The van der Waals surface area contributed by atoms with Gasteiger partial charge < -0.3 is 5.32 Å². The summed E-state index contributed by atoms with van der Waals surface area (Å²) in [6.07, 6.45) is 0.271. The van der Waals surface area contributed by atoms with Crippen LogP contribution in [-0.4, -0.2) is 25.0 Å². The van der Waals surface area contributed by atoms with Crippen molar-refractivity contribution in [2.75, 3.05) is 20.1 Å². The number of hydrogen-bond donors (Lipinski definition) is 1. The van der Waals surface area contributed by atoms with E-state index in [-0.39, 0.29) is 5.02 Å². The lowest BCUT2D eigenvalue weighted by Gasteiger charge is -2.33. The summed E-state index contributed by atoms with van der Waals surface area (Å²) in [6.45, 7) is 3.07. The normalized spacial score (nSPS) is 19.7. The molecule has 1 aliphatic carbocycles. The van der Waals surface area contributed by atoms with Gasteiger partial charge in [0.2, 0.25) is 0 Å². The van der Waals surface area contributed by atoms with E-state index in [1.165, 1.54) is 25.0 Å². The van der Waals surface area contributed by atoms with Crippen LogP contribution in [-0.2, 0) is 19.3 Å². The molecule has 1 fully saturated rings. The van der Waals surface area contributed by atoms with E-state index >= 15 is 0 Å². The summed E-state index contributed by atoms with van der Waals surface area (Å²) < 4.78 is 41.0. The molecule has 3 rings (SSSR count). The smallest absolute Gasteiger partial charge is 0.319 e. The Morgan fingerprint density at radius 2 is 1.71 bits per heavy atom. The molecule has 0 amide bonds. The minimum atomic E-state index is -4.45. The quantitative estimate of drug-likeness (QED) is 0.400. The molecule has 0 radical (unpaired) electrons. The molecule has 2 aromatic rings. The van der Waals surface area contributed by atoms with Crippen LogP contribution in [0.3, 0.4) is 0 Å². The second-order valence-corrected chi connectivity index (χ2v) is 9.78. The standard InChI is InChI=1S/C24H29BrClF3N2/c1-30-13-17-6-8-18(9-7-17)14-31(16-20-4-2-3-5-22(20)25)15-19-10-11-23(26)21(12-19)24(27,28)29/h2-5,10-12,17-18,30H,6-9,13-16H2,1H3. The Kier molecular flexibility index (Phi) is 8.85. The number of alkyl halides is 3. The molecule has 0 aromatic heterocycles. The van der Waals surface area contributed by atoms with Crippen molar-refractivity contribution >= 4 is 27.5 Å². The Bertz CT molecular complexity index is 851. The van der Waals surface area contributed by atoms with Crippen molar-refractivity contribution in [2.24, 2.45) is 11.8 Å². The average molecular weight is 518 g/mol. The first-order valence-corrected chi connectivity index (χ1v) is 11.9. The van der Waals surface area contributed by atoms with Gasteiger partial charge in [0.15, 0.2) is 0 Å². The fourth-order valence-corrected chi connectivity index (χ4v) is 5.11. The molecule has 2 aromatic carbocycles. The molecule has 2 nitrogen and oxygen atoms in total. The fourth-order valence-electron chi connectivity index (χ4n) is 4.47. The minimum absolute atomic E-state index is 0.253. The van der Waals surface area contributed by atoms with Crippen LogP contribution in [0, 0.1) is 11.8 Å². The third-order valence-corrected chi connectivity index (χ3v) is 7.17. The highest BCUT2D eigenvalue weighted by Crippen LogP contribution is 2.36. The molecule has 0 atom stereocenters. The number of benzene rings is 2. The van der Waals surface area contributed by atoms with E-state index in [2.05, 4.69) is 32.2 Å². The Morgan fingerprint density at radius 3 is 2.35 bits per heavy atom. The van der Waals surface area contributed by atoms with E-state index in [9.17, 15) is 13.2 Å². The highest BCUT2D eigenvalue weighted by molar-refractivity contribution is 9.10. The van der Waals surface area contributed by atoms with Crippen LogP contribution in [0.5, 0.6) is 0 Å². The first-order chi connectivity index (χ1) is 14.8. The number of halogens is 5. The third-order valence-electron chi connectivity index (χ3n) is 6.07. The van der Waals surface area contributed by atoms with Gasteiger partial charge in [-0.15, -0.1) is 0 Å². The number of nitrogens with one attached hydrogen (secondary N) is 1. The SMILES string of the molecule is CNCC1CCC(CN(Cc2ccc(Cl)c(C(F)(F)F)c2)Cc2ccccc2Br)CC1. The number of hydrogen-bond acceptors (Lipinski definition) is 2. The monoisotopic (exact) mass is 516 g/mol. The van der Waals surface area contributed by atoms with Crippen molar-refractivity contribution in [1.82, 2.24) is 10.2 Å². The van der Waals surface area contributed by atoms with Crippen LogP contribution in [0.1, 0.15) is 42.4 Å². The Morgan fingerprint density at radius 1 is 1.03 bits per heavy atom. The molecular weight excluding hydrogens is 489 g/mol. The summed E-state index contributed by atoms with van der Waals surface area (Å²) >= 11 is 9.43. The van der Waals surface area contributed by atoms with Crippen molar-refractivity contribution < 1.29 is 13.2 Å². The zero-order valence-corrected chi connectivity index (χ0v) is 20.0. The fraction of sp³-hybridized carbons (Fsp3) is 0.500. The van der Waals surface area contributed by atoms with Gasteiger partial charge in [-0.05, 0) is 80.4 Å². The Hall–Kier alpha value is -1.08. The van der Waals surface area contributed by atoms with Crippen LogP contribution in [0.15, 0.2) is 46.9 Å². The third kappa shape index (κ3) is 7.21. The zero-order valence-electron chi connectivity index (χ0n) is 17.7. The molecule has 1 aliphatic rings. The maximum Gasteiger partial charge on any atom is 0.417 e. The molecule has 0 heterocycles. The molecule has 0 spiro atoms. The van der Waals surface area contributed by atoms with Crippen molar-refractivity contribution in [3.05, 3.63) is 68.7 Å². The molecule has 0 saturated heterocycles. The van der Waals surface area contributed by atoms with Crippen molar-refractivity contribution in [3.8, 4) is 0 Å². The molecule has 0 unspecified atom stereocenters. The maximum atomic E-state index is 13.3. The molecule has 170 valence electrons. The lowest BCUT2D eigenvalue weighted by molar-refractivity contribution is -0.137. The summed E-state index contributed by atoms with van der Waals surface area (Å²) in [7, 11) is 1.99. The van der Waals surface area contributed by atoms with Gasteiger partial charge in [-0.2, -0.15) is 13.2 Å². The summed E-state index contributed by atoms with van der Waals surface area (Å²) in [6, 6.07) is 12.3. The molecular formula is C24H29BrClF3N2. The average Bonchev–Trinajstić information content (AvgIpc) is 2.72. The summed E-state index contributed by atoms with van der Waals surface area (Å²) in [5.41, 5.74) is 1.00. The number of nitrogens with zero attached hydrogens (tertiary/aromatic N) is 1. The Balaban J connectivity index is 1.76. The van der Waals surface area contributed by atoms with E-state index in [1.807, 2.05) is 25.2 Å². The van der Waals surface area contributed by atoms with Gasteiger partial charge in [-0.1, -0.05) is 51.8 Å². The highest BCUT2D eigenvalue weighted by Gasteiger charge is 2.33. The highest BCUT2D eigenvalue weighted by atomic mass is 79.9. The topological polar surface area (TPSA) is 15.3 Å². The molecule has 31 heavy (non-hydrogen) atoms. The van der Waals surface area contributed by atoms with Gasteiger partial charge in [0, 0.05) is 24.1 Å². The Labute approximate surface area is 196 Å². The lowest BCUT2D eigenvalue weighted by Crippen LogP contribution is -2.32. The summed E-state index contributed by atoms with van der Waals surface area (Å²) in [5, 5.41) is 3.01. The summed E-state index contributed by atoms with van der Waals surface area (Å²) in [4.78, 5) is 2.27. The molecule has 1 N–H and O–H groups in total. The number of rotatable bonds is 8. The predicted octanol–water partition coefficient (Wildman–Crippen LogP) is 7.15. The van der Waals surface area contributed by atoms with Gasteiger partial charge in [-0.3, -0.25) is 4.90 Å². The van der Waals surface area contributed by atoms with Gasteiger partial charge in [-0.25, -0.2) is 0 Å². The maximum absolute atomic E-state index is 13.3. The second kappa shape index (κ2) is 11.2. The van der Waals surface area contributed by atoms with Crippen molar-refractivity contribution in [2.45, 2.75) is 44.9 Å². The van der Waals surface area contributed by atoms with E-state index in [0.717, 1.165) is 41.9 Å². The van der Waals surface area contributed by atoms with Gasteiger partial charge in [0.25, 0.3) is 0 Å².